The summed E-state index contributed by atoms with van der Waals surface area (Å²) in [7, 11) is 0. The fourth-order valence-electron chi connectivity index (χ4n) is 9.29. The fraction of sp³-hybridized carbons (Fsp3) is 0.789. The second-order valence-corrected chi connectivity index (χ2v) is 15.4. The van der Waals surface area contributed by atoms with Gasteiger partial charge in [-0.2, -0.15) is 0 Å². The molecular formula is C38H62B2O2. The van der Waals surface area contributed by atoms with Crippen LogP contribution in [0.4, 0.5) is 0 Å². The van der Waals surface area contributed by atoms with Gasteiger partial charge in [0.15, 0.2) is 6.71 Å². The number of ether oxygens (including phenoxy) is 1. The van der Waals surface area contributed by atoms with Crippen molar-refractivity contribution in [3.8, 4) is 5.75 Å². The normalized spacial score (nSPS) is 22.5. The first kappa shape index (κ1) is 32.1. The van der Waals surface area contributed by atoms with Crippen LogP contribution < -0.4 is 4.74 Å². The predicted octanol–water partition coefficient (Wildman–Crippen LogP) is 12.5. The molecule has 5 rings (SSSR count). The molecule has 0 aromatic heterocycles. The molecule has 0 radical (unpaired) electrons. The molecule has 0 atom stereocenters. The molecule has 1 aromatic rings. The highest BCUT2D eigenvalue weighted by Gasteiger charge is 2.41. The molecule has 4 aliphatic carbocycles. The van der Waals surface area contributed by atoms with Crippen LogP contribution in [0.1, 0.15) is 179 Å². The molecule has 0 spiro atoms. The van der Waals surface area contributed by atoms with E-state index in [9.17, 15) is 0 Å². The lowest BCUT2D eigenvalue weighted by Gasteiger charge is -2.37. The van der Waals surface area contributed by atoms with E-state index in [1.807, 2.05) is 0 Å². The molecule has 0 aliphatic heterocycles. The van der Waals surface area contributed by atoms with E-state index in [0.717, 1.165) is 23.3 Å². The maximum atomic E-state index is 7.45. The lowest BCUT2D eigenvalue weighted by atomic mass is 9.30. The van der Waals surface area contributed by atoms with Gasteiger partial charge < -0.3 is 9.39 Å². The molecule has 0 heterocycles. The third-order valence-electron chi connectivity index (χ3n) is 11.7. The third-order valence-corrected chi connectivity index (χ3v) is 11.7. The van der Waals surface area contributed by atoms with Crippen LogP contribution in [-0.2, 0) is 4.65 Å². The molecule has 4 aliphatic rings. The standard InChI is InChI=1S/C38H62B2O2/c1-29(2)35-26-17-27-36(30(3)4)38(35)41-37(28-39(31-18-9-5-10-19-31)32-20-11-6-12-21-32)42-40(33-22-13-7-14-23-33)34-24-15-8-16-25-34/h17,26-34H,5-16,18-25H2,1-4H3/b37-28-. The Bertz CT molecular complexity index is 901. The summed E-state index contributed by atoms with van der Waals surface area (Å²) in [6.45, 7) is 10.2. The Hall–Kier alpha value is -1.31. The molecule has 0 bridgehead atoms. The minimum absolute atomic E-state index is 0.309. The van der Waals surface area contributed by atoms with Crippen molar-refractivity contribution in [2.75, 3.05) is 0 Å². The monoisotopic (exact) mass is 572 g/mol. The molecule has 232 valence electrons. The van der Waals surface area contributed by atoms with Crippen LogP contribution in [0.2, 0.25) is 23.3 Å². The fourth-order valence-corrected chi connectivity index (χ4v) is 9.29. The lowest BCUT2D eigenvalue weighted by molar-refractivity contribution is 0.208. The van der Waals surface area contributed by atoms with E-state index < -0.39 is 0 Å². The minimum Gasteiger partial charge on any atom is -0.536 e. The van der Waals surface area contributed by atoms with Crippen LogP contribution in [0.3, 0.4) is 0 Å². The van der Waals surface area contributed by atoms with Gasteiger partial charge in [0.1, 0.15) is 5.75 Å². The highest BCUT2D eigenvalue weighted by molar-refractivity contribution is 6.67. The van der Waals surface area contributed by atoms with Gasteiger partial charge in [0.25, 0.3) is 5.95 Å². The second kappa shape index (κ2) is 16.1. The molecular weight excluding hydrogens is 510 g/mol. The predicted molar refractivity (Wildman–Crippen MR) is 183 cm³/mol. The summed E-state index contributed by atoms with van der Waals surface area (Å²) in [5.74, 6) is 8.33. The maximum absolute atomic E-state index is 7.45. The number of para-hydroxylation sites is 1. The summed E-state index contributed by atoms with van der Waals surface area (Å²) in [6.07, 6.45) is 27.6. The van der Waals surface area contributed by atoms with Crippen LogP contribution in [0, 0.1) is 0 Å². The van der Waals surface area contributed by atoms with Crippen molar-refractivity contribution in [1.29, 1.82) is 0 Å². The first-order valence-corrected chi connectivity index (χ1v) is 18.7. The summed E-state index contributed by atoms with van der Waals surface area (Å²) >= 11 is 0. The third kappa shape index (κ3) is 8.44. The van der Waals surface area contributed by atoms with E-state index in [4.69, 9.17) is 9.39 Å². The minimum atomic E-state index is 0.309. The van der Waals surface area contributed by atoms with Gasteiger partial charge in [-0.1, -0.05) is 186 Å². The van der Waals surface area contributed by atoms with E-state index in [0.29, 0.717) is 37.1 Å². The molecule has 2 nitrogen and oxygen atoms in total. The van der Waals surface area contributed by atoms with Gasteiger partial charge in [-0.15, -0.1) is 0 Å². The molecule has 42 heavy (non-hydrogen) atoms. The van der Waals surface area contributed by atoms with Crippen molar-refractivity contribution in [3.63, 3.8) is 0 Å². The van der Waals surface area contributed by atoms with Gasteiger partial charge in [0.2, 0.25) is 0 Å². The Morgan fingerprint density at radius 3 is 1.36 bits per heavy atom. The summed E-state index contributed by atoms with van der Waals surface area (Å²) in [6, 6.07) is 6.83. The molecule has 0 unspecified atom stereocenters. The zero-order chi connectivity index (χ0) is 29.3. The van der Waals surface area contributed by atoms with Crippen LogP contribution in [0.5, 0.6) is 5.75 Å². The van der Waals surface area contributed by atoms with Gasteiger partial charge >= 0.3 is 6.92 Å². The van der Waals surface area contributed by atoms with E-state index in [1.54, 1.807) is 0 Å². The molecule has 0 N–H and O–H groups in total. The zero-order valence-electron chi connectivity index (χ0n) is 27.9. The molecule has 4 saturated carbocycles. The van der Waals surface area contributed by atoms with Gasteiger partial charge in [-0.3, -0.25) is 0 Å². The number of hydrogen-bond donors (Lipinski definition) is 0. The summed E-state index contributed by atoms with van der Waals surface area (Å²) in [5, 5.41) is 0. The Morgan fingerprint density at radius 1 is 0.595 bits per heavy atom. The highest BCUT2D eigenvalue weighted by atomic mass is 16.7. The van der Waals surface area contributed by atoms with Crippen molar-refractivity contribution in [1.82, 2.24) is 0 Å². The molecule has 4 fully saturated rings. The van der Waals surface area contributed by atoms with Crippen LogP contribution >= 0.6 is 0 Å². The van der Waals surface area contributed by atoms with Crippen molar-refractivity contribution in [2.45, 2.75) is 191 Å². The highest BCUT2D eigenvalue weighted by Crippen LogP contribution is 2.46. The quantitative estimate of drug-likeness (QED) is 0.194. The topological polar surface area (TPSA) is 18.5 Å². The van der Waals surface area contributed by atoms with Crippen molar-refractivity contribution < 1.29 is 9.39 Å². The molecule has 0 amide bonds. The summed E-state index contributed by atoms with van der Waals surface area (Å²) < 4.78 is 14.7. The second-order valence-electron chi connectivity index (χ2n) is 15.4. The molecule has 0 saturated heterocycles. The zero-order valence-corrected chi connectivity index (χ0v) is 27.9. The first-order valence-electron chi connectivity index (χ1n) is 18.7. The van der Waals surface area contributed by atoms with Crippen LogP contribution in [0.25, 0.3) is 0 Å². The van der Waals surface area contributed by atoms with Gasteiger partial charge in [0.05, 0.1) is 0 Å². The van der Waals surface area contributed by atoms with Crippen LogP contribution in [0.15, 0.2) is 30.1 Å². The van der Waals surface area contributed by atoms with E-state index in [1.165, 1.54) is 140 Å². The Balaban J connectivity index is 1.55. The van der Waals surface area contributed by atoms with Crippen molar-refractivity contribution in [2.24, 2.45) is 0 Å². The van der Waals surface area contributed by atoms with Crippen LogP contribution in [-0.4, -0.2) is 13.6 Å². The Morgan fingerprint density at radius 2 is 0.976 bits per heavy atom. The number of rotatable bonds is 11. The van der Waals surface area contributed by atoms with Crippen molar-refractivity contribution in [3.05, 3.63) is 41.2 Å². The first-order chi connectivity index (χ1) is 20.5. The lowest BCUT2D eigenvalue weighted by Crippen LogP contribution is -2.35. The van der Waals surface area contributed by atoms with Gasteiger partial charge in [-0.25, -0.2) is 0 Å². The smallest absolute Gasteiger partial charge is 0.368 e. The maximum Gasteiger partial charge on any atom is 0.368 e. The van der Waals surface area contributed by atoms with E-state index in [2.05, 4.69) is 51.9 Å². The van der Waals surface area contributed by atoms with E-state index in [-0.39, 0.29) is 0 Å². The SMILES string of the molecule is CC(C)c1cccc(C(C)C)c1O/C(=C/B(C1CCCCC1)C1CCCCC1)OB(C1CCCCC1)C1CCCCC1. The largest absolute Gasteiger partial charge is 0.536 e. The summed E-state index contributed by atoms with van der Waals surface area (Å²) in [4.78, 5) is 0. The number of hydrogen-bond acceptors (Lipinski definition) is 2. The average Bonchev–Trinajstić information content (AvgIpc) is 3.03. The molecule has 1 aromatic carbocycles. The Kier molecular flexibility index (Phi) is 12.3. The van der Waals surface area contributed by atoms with E-state index >= 15 is 0 Å². The number of benzene rings is 1. The van der Waals surface area contributed by atoms with Gasteiger partial charge in [0, 0.05) is 0 Å². The average molecular weight is 573 g/mol. The molecule has 4 heteroatoms. The summed E-state index contributed by atoms with van der Waals surface area (Å²) in [5.41, 5.74) is 2.66. The Labute approximate surface area is 260 Å². The van der Waals surface area contributed by atoms with Crippen molar-refractivity contribution >= 4 is 13.6 Å². The van der Waals surface area contributed by atoms with Gasteiger partial charge in [-0.05, 0) is 40.6 Å².